The summed E-state index contributed by atoms with van der Waals surface area (Å²) in [5.41, 5.74) is 1.30. The number of carbonyl (C=O) groups excluding carboxylic acids is 2. The average molecular weight is 521 g/mol. The molecule has 1 aliphatic carbocycles. The van der Waals surface area contributed by atoms with E-state index < -0.39 is 17.1 Å². The molecule has 2 amide bonds. The zero-order valence-electron chi connectivity index (χ0n) is 22.6. The number of aliphatic hydroxyl groups excluding tert-OH is 1. The minimum absolute atomic E-state index is 0.0534. The van der Waals surface area contributed by atoms with Gasteiger partial charge in [0.25, 0.3) is 5.91 Å². The zero-order chi connectivity index (χ0) is 27.9. The minimum atomic E-state index is -0.718. The Morgan fingerprint density at radius 1 is 1.08 bits per heavy atom. The van der Waals surface area contributed by atoms with Crippen molar-refractivity contribution in [3.63, 3.8) is 0 Å². The summed E-state index contributed by atoms with van der Waals surface area (Å²) in [6.45, 7) is 9.75. The van der Waals surface area contributed by atoms with Crippen LogP contribution in [-0.4, -0.2) is 41.6 Å². The number of nitrogens with one attached hydrogen (secondary N) is 2. The third-order valence-corrected chi connectivity index (χ3v) is 6.57. The van der Waals surface area contributed by atoms with Crippen LogP contribution in [0.15, 0.2) is 70.8 Å². The third-order valence-electron chi connectivity index (χ3n) is 6.57. The molecule has 0 unspecified atom stereocenters. The van der Waals surface area contributed by atoms with E-state index in [-0.39, 0.29) is 41.6 Å². The summed E-state index contributed by atoms with van der Waals surface area (Å²) >= 11 is 0. The standard InChI is InChI=1S/C30H37FN4O3/c1-19(21-11-14-23(36)15-12-21)34-26(27(32-5)35-29(38)30(2,3)4)22-13-16-24(25(31)17-22)28(37)33-18-20-9-7-6-8-10-20/h6-10,13,16-17,21,23,36H,1,11-12,14-15,18H2,2-5H3,(H,33,37)(H,32,35,38). The van der Waals surface area contributed by atoms with E-state index in [2.05, 4.69) is 22.2 Å². The molecule has 0 saturated heterocycles. The molecule has 0 radical (unpaired) electrons. The molecule has 0 spiro atoms. The number of carbonyl (C=O) groups is 2. The summed E-state index contributed by atoms with van der Waals surface area (Å²) in [5, 5.41) is 15.4. The van der Waals surface area contributed by atoms with Crippen molar-refractivity contribution in [3.05, 3.63) is 83.3 Å². The van der Waals surface area contributed by atoms with Gasteiger partial charge in [0.05, 0.1) is 11.7 Å². The second-order valence-corrected chi connectivity index (χ2v) is 10.6. The van der Waals surface area contributed by atoms with Gasteiger partial charge in [-0.25, -0.2) is 9.38 Å². The Morgan fingerprint density at radius 2 is 1.74 bits per heavy atom. The fourth-order valence-corrected chi connectivity index (χ4v) is 4.13. The molecule has 0 aromatic heterocycles. The van der Waals surface area contributed by atoms with Crippen molar-refractivity contribution in [1.29, 1.82) is 0 Å². The number of nitrogens with zero attached hydrogens (tertiary/aromatic N) is 2. The van der Waals surface area contributed by atoms with E-state index in [4.69, 9.17) is 4.99 Å². The van der Waals surface area contributed by atoms with Gasteiger partial charge < -0.3 is 15.7 Å². The predicted molar refractivity (Wildman–Crippen MR) is 149 cm³/mol. The van der Waals surface area contributed by atoms with E-state index in [0.29, 0.717) is 24.1 Å². The molecule has 3 N–H and O–H groups in total. The number of amidine groups is 1. The number of allylic oxidation sites excluding steroid dienone is 1. The van der Waals surface area contributed by atoms with Gasteiger partial charge in [-0.05, 0) is 43.4 Å². The second-order valence-electron chi connectivity index (χ2n) is 10.6. The van der Waals surface area contributed by atoms with Gasteiger partial charge >= 0.3 is 0 Å². The molecule has 7 nitrogen and oxygen atoms in total. The lowest BCUT2D eigenvalue weighted by molar-refractivity contribution is -0.126. The molecular weight excluding hydrogens is 483 g/mol. The van der Waals surface area contributed by atoms with Crippen molar-refractivity contribution in [2.45, 2.75) is 59.1 Å². The topological polar surface area (TPSA) is 103 Å². The number of hydrogen-bond donors (Lipinski definition) is 3. The number of rotatable bonds is 7. The molecule has 2 aromatic carbocycles. The predicted octanol–water partition coefficient (Wildman–Crippen LogP) is 4.80. The summed E-state index contributed by atoms with van der Waals surface area (Å²) < 4.78 is 15.2. The molecule has 1 saturated carbocycles. The lowest BCUT2D eigenvalue weighted by Gasteiger charge is -2.26. The first-order valence-corrected chi connectivity index (χ1v) is 12.9. The summed E-state index contributed by atoms with van der Waals surface area (Å²) in [6, 6.07) is 13.6. The highest BCUT2D eigenvalue weighted by molar-refractivity contribution is 6.49. The van der Waals surface area contributed by atoms with Crippen LogP contribution in [0.5, 0.6) is 0 Å². The van der Waals surface area contributed by atoms with Crippen LogP contribution in [0.4, 0.5) is 4.39 Å². The quantitative estimate of drug-likeness (QED) is 0.361. The molecule has 1 fully saturated rings. The molecular formula is C30H37FN4O3. The maximum absolute atomic E-state index is 15.2. The highest BCUT2D eigenvalue weighted by Crippen LogP contribution is 2.30. The number of benzene rings is 2. The van der Waals surface area contributed by atoms with Crippen molar-refractivity contribution in [3.8, 4) is 0 Å². The van der Waals surface area contributed by atoms with Crippen LogP contribution >= 0.6 is 0 Å². The largest absolute Gasteiger partial charge is 0.393 e. The Hall–Kier alpha value is -3.65. The fourth-order valence-electron chi connectivity index (χ4n) is 4.13. The highest BCUT2D eigenvalue weighted by Gasteiger charge is 2.27. The molecule has 0 atom stereocenters. The number of hydrogen-bond acceptors (Lipinski definition) is 5. The lowest BCUT2D eigenvalue weighted by Crippen LogP contribution is -2.43. The molecule has 2 aromatic rings. The van der Waals surface area contributed by atoms with Crippen molar-refractivity contribution >= 4 is 23.4 Å². The first kappa shape index (κ1) is 28.9. The number of amides is 2. The molecule has 3 rings (SSSR count). The highest BCUT2D eigenvalue weighted by atomic mass is 19.1. The monoisotopic (exact) mass is 520 g/mol. The molecule has 0 aliphatic heterocycles. The van der Waals surface area contributed by atoms with E-state index >= 15 is 4.39 Å². The maximum atomic E-state index is 15.2. The van der Waals surface area contributed by atoms with Gasteiger partial charge in [0.2, 0.25) is 5.91 Å². The average Bonchev–Trinajstić information content (AvgIpc) is 2.89. The zero-order valence-corrected chi connectivity index (χ0v) is 22.6. The molecule has 0 bridgehead atoms. The fraction of sp³-hybridized carbons (Fsp3) is 0.400. The molecule has 202 valence electrons. The van der Waals surface area contributed by atoms with Crippen molar-refractivity contribution in [2.24, 2.45) is 21.3 Å². The van der Waals surface area contributed by atoms with Crippen molar-refractivity contribution in [1.82, 2.24) is 10.6 Å². The van der Waals surface area contributed by atoms with E-state index in [1.807, 2.05) is 30.3 Å². The smallest absolute Gasteiger partial charge is 0.254 e. The van der Waals surface area contributed by atoms with Gasteiger partial charge in [-0.1, -0.05) is 63.7 Å². The number of aliphatic hydroxyl groups is 1. The van der Waals surface area contributed by atoms with E-state index in [0.717, 1.165) is 18.4 Å². The Balaban J connectivity index is 1.91. The minimum Gasteiger partial charge on any atom is -0.393 e. The summed E-state index contributed by atoms with van der Waals surface area (Å²) in [6.07, 6.45) is 2.46. The van der Waals surface area contributed by atoms with Gasteiger partial charge in [0.15, 0.2) is 5.84 Å². The maximum Gasteiger partial charge on any atom is 0.254 e. The first-order valence-electron chi connectivity index (χ1n) is 12.9. The van der Waals surface area contributed by atoms with Crippen LogP contribution in [0.3, 0.4) is 0 Å². The van der Waals surface area contributed by atoms with Gasteiger partial charge in [-0.2, -0.15) is 0 Å². The first-order chi connectivity index (χ1) is 18.0. The Morgan fingerprint density at radius 3 is 2.32 bits per heavy atom. The van der Waals surface area contributed by atoms with E-state index in [1.54, 1.807) is 26.8 Å². The van der Waals surface area contributed by atoms with Crippen molar-refractivity contribution in [2.75, 3.05) is 7.05 Å². The van der Waals surface area contributed by atoms with E-state index in [9.17, 15) is 14.7 Å². The second kappa shape index (κ2) is 12.7. The summed E-state index contributed by atoms with van der Waals surface area (Å²) in [4.78, 5) is 34.4. The number of aliphatic imine (C=N–C) groups is 2. The molecule has 38 heavy (non-hydrogen) atoms. The van der Waals surface area contributed by atoms with Crippen molar-refractivity contribution < 1.29 is 19.1 Å². The van der Waals surface area contributed by atoms with Crippen LogP contribution in [-0.2, 0) is 11.3 Å². The van der Waals surface area contributed by atoms with E-state index in [1.165, 1.54) is 19.2 Å². The van der Waals surface area contributed by atoms with Gasteiger partial charge in [-0.15, -0.1) is 0 Å². The van der Waals surface area contributed by atoms with Gasteiger partial charge in [-0.3, -0.25) is 14.6 Å². The Labute approximate surface area is 224 Å². The van der Waals surface area contributed by atoms with Gasteiger partial charge in [0, 0.05) is 36.2 Å². The molecule has 8 heteroatoms. The van der Waals surface area contributed by atoms with Gasteiger partial charge in [0.1, 0.15) is 11.5 Å². The third kappa shape index (κ3) is 7.68. The molecule has 1 aliphatic rings. The number of halogens is 1. The SMILES string of the molecule is C=C(N=C(C(=NC)NC(=O)C(C)(C)C)c1ccc(C(=O)NCc2ccccc2)c(F)c1)C1CCC(O)CC1. The van der Waals surface area contributed by atoms with Crippen LogP contribution in [0.1, 0.15) is 67.9 Å². The lowest BCUT2D eigenvalue weighted by atomic mass is 9.85. The van der Waals surface area contributed by atoms with Crippen LogP contribution in [0.2, 0.25) is 0 Å². The van der Waals surface area contributed by atoms with Crippen LogP contribution in [0.25, 0.3) is 0 Å². The van der Waals surface area contributed by atoms with Crippen LogP contribution < -0.4 is 10.6 Å². The Bertz CT molecular complexity index is 1220. The summed E-state index contributed by atoms with van der Waals surface area (Å²) in [7, 11) is 1.52. The Kier molecular flexibility index (Phi) is 9.69. The molecule has 0 heterocycles. The van der Waals surface area contributed by atoms with Crippen LogP contribution in [0, 0.1) is 17.2 Å². The normalized spacial score (nSPS) is 18.6. The summed E-state index contributed by atoms with van der Waals surface area (Å²) in [5.74, 6) is -1.29.